The zero-order valence-corrected chi connectivity index (χ0v) is 9.24. The van der Waals surface area contributed by atoms with Crippen molar-refractivity contribution in [1.82, 2.24) is 0 Å². The fourth-order valence-corrected chi connectivity index (χ4v) is 1.34. The van der Waals surface area contributed by atoms with Crippen LogP contribution in [0.15, 0.2) is 30.3 Å². The molecule has 0 saturated carbocycles. The Hall–Kier alpha value is -1.06. The molecule has 84 valence electrons. The molecule has 0 amide bonds. The van der Waals surface area contributed by atoms with Gasteiger partial charge in [0.2, 0.25) is 0 Å². The summed E-state index contributed by atoms with van der Waals surface area (Å²) in [7, 11) is 0. The van der Waals surface area contributed by atoms with Gasteiger partial charge in [-0.3, -0.25) is 4.79 Å². The number of carboxylic acids is 1. The maximum absolute atomic E-state index is 10.3. The van der Waals surface area contributed by atoms with Crippen molar-refractivity contribution in [2.75, 3.05) is 0 Å². The van der Waals surface area contributed by atoms with Gasteiger partial charge in [0.05, 0.1) is 0 Å². The van der Waals surface area contributed by atoms with Crippen molar-refractivity contribution in [3.63, 3.8) is 0 Å². The van der Waals surface area contributed by atoms with Crippen LogP contribution in [0.3, 0.4) is 0 Å². The fourth-order valence-electron chi connectivity index (χ4n) is 1.34. The van der Waals surface area contributed by atoms with Crippen LogP contribution in [-0.4, -0.2) is 11.1 Å². The van der Waals surface area contributed by atoms with Crippen LogP contribution in [0.25, 0.3) is 0 Å². The maximum atomic E-state index is 10.3. The van der Waals surface area contributed by atoms with Gasteiger partial charge in [-0.1, -0.05) is 30.3 Å². The molecule has 0 bridgehead atoms. The average molecular weight is 230 g/mol. The highest BCUT2D eigenvalue weighted by Gasteiger charge is 2.05. The lowest BCUT2D eigenvalue weighted by molar-refractivity contribution is -0.137. The number of carboxylic acid groups (broad SMARTS) is 1. The van der Waals surface area contributed by atoms with Crippen LogP contribution in [-0.2, 0) is 4.79 Å². The Bertz CT molecular complexity index is 290. The van der Waals surface area contributed by atoms with E-state index in [1.807, 2.05) is 30.3 Å². The molecule has 3 nitrogen and oxygen atoms in total. The summed E-state index contributed by atoms with van der Waals surface area (Å²) in [4.78, 5) is 10.3. The van der Waals surface area contributed by atoms with Crippen molar-refractivity contribution >= 4 is 18.4 Å². The standard InChI is InChI=1S/C11H15NO2.ClH/c12-10(7-4-8-11(13)14)9-5-2-1-3-6-9;/h1-3,5-6,10H,4,7-8,12H2,(H,13,14);1H/t10-;/m1./s1. The number of aliphatic carboxylic acids is 1. The molecule has 0 fully saturated rings. The van der Waals surface area contributed by atoms with E-state index in [0.717, 1.165) is 12.0 Å². The third kappa shape index (κ3) is 5.40. The van der Waals surface area contributed by atoms with E-state index >= 15 is 0 Å². The minimum Gasteiger partial charge on any atom is -0.481 e. The third-order valence-electron chi connectivity index (χ3n) is 2.13. The van der Waals surface area contributed by atoms with Gasteiger partial charge >= 0.3 is 5.97 Å². The SMILES string of the molecule is Cl.N[C@H](CCCC(=O)O)c1ccccc1. The van der Waals surface area contributed by atoms with Gasteiger partial charge in [0.15, 0.2) is 0 Å². The largest absolute Gasteiger partial charge is 0.481 e. The summed E-state index contributed by atoms with van der Waals surface area (Å²) in [6.07, 6.45) is 1.54. The molecule has 15 heavy (non-hydrogen) atoms. The number of rotatable bonds is 5. The van der Waals surface area contributed by atoms with E-state index in [1.165, 1.54) is 0 Å². The minimum absolute atomic E-state index is 0. The predicted molar refractivity (Wildman–Crippen MR) is 62.1 cm³/mol. The van der Waals surface area contributed by atoms with Crippen LogP contribution in [0.5, 0.6) is 0 Å². The van der Waals surface area contributed by atoms with E-state index < -0.39 is 5.97 Å². The van der Waals surface area contributed by atoms with Crippen molar-refractivity contribution in [2.24, 2.45) is 5.73 Å². The van der Waals surface area contributed by atoms with Gasteiger partial charge in [0, 0.05) is 12.5 Å². The molecular formula is C11H16ClNO2. The maximum Gasteiger partial charge on any atom is 0.303 e. The smallest absolute Gasteiger partial charge is 0.303 e. The molecule has 0 aromatic heterocycles. The molecule has 0 saturated heterocycles. The summed E-state index contributed by atoms with van der Waals surface area (Å²) in [5.74, 6) is -0.759. The third-order valence-corrected chi connectivity index (χ3v) is 2.13. The zero-order chi connectivity index (χ0) is 10.4. The van der Waals surface area contributed by atoms with Crippen LogP contribution in [0.1, 0.15) is 30.9 Å². The molecule has 1 aromatic rings. The molecule has 1 atom stereocenters. The van der Waals surface area contributed by atoms with E-state index in [2.05, 4.69) is 0 Å². The first kappa shape index (κ1) is 13.9. The first-order valence-electron chi connectivity index (χ1n) is 4.72. The van der Waals surface area contributed by atoms with Gasteiger partial charge in [0.25, 0.3) is 0 Å². The lowest BCUT2D eigenvalue weighted by Gasteiger charge is -2.10. The summed E-state index contributed by atoms with van der Waals surface area (Å²) >= 11 is 0. The quantitative estimate of drug-likeness (QED) is 0.815. The molecule has 0 aliphatic carbocycles. The molecule has 0 aliphatic rings. The van der Waals surface area contributed by atoms with Gasteiger partial charge in [-0.15, -0.1) is 12.4 Å². The Morgan fingerprint density at radius 2 is 1.93 bits per heavy atom. The van der Waals surface area contributed by atoms with E-state index in [4.69, 9.17) is 10.8 Å². The number of hydrogen-bond donors (Lipinski definition) is 2. The first-order valence-corrected chi connectivity index (χ1v) is 4.72. The van der Waals surface area contributed by atoms with Crippen LogP contribution >= 0.6 is 12.4 Å². The summed E-state index contributed by atoms with van der Waals surface area (Å²) in [6.45, 7) is 0. The second-order valence-electron chi connectivity index (χ2n) is 3.30. The number of halogens is 1. The predicted octanol–water partition coefficient (Wildman–Crippen LogP) is 2.36. The normalized spacial score (nSPS) is 11.5. The number of nitrogens with two attached hydrogens (primary N) is 1. The highest BCUT2D eigenvalue weighted by molar-refractivity contribution is 5.85. The summed E-state index contributed by atoms with van der Waals surface area (Å²) in [5, 5.41) is 8.46. The first-order chi connectivity index (χ1) is 6.70. The fraction of sp³-hybridized carbons (Fsp3) is 0.364. The van der Waals surface area contributed by atoms with Gasteiger partial charge in [-0.2, -0.15) is 0 Å². The van der Waals surface area contributed by atoms with Crippen molar-refractivity contribution in [3.05, 3.63) is 35.9 Å². The monoisotopic (exact) mass is 229 g/mol. The molecule has 0 unspecified atom stereocenters. The van der Waals surface area contributed by atoms with Crippen LogP contribution in [0.2, 0.25) is 0 Å². The topological polar surface area (TPSA) is 63.3 Å². The van der Waals surface area contributed by atoms with Crippen LogP contribution < -0.4 is 5.73 Å². The van der Waals surface area contributed by atoms with E-state index in [-0.39, 0.29) is 24.9 Å². The molecule has 3 N–H and O–H groups in total. The summed E-state index contributed by atoms with van der Waals surface area (Å²) in [5.41, 5.74) is 6.96. The molecule has 4 heteroatoms. The minimum atomic E-state index is -0.759. The number of benzene rings is 1. The van der Waals surface area contributed by atoms with E-state index in [0.29, 0.717) is 6.42 Å². The Morgan fingerprint density at radius 1 is 1.33 bits per heavy atom. The van der Waals surface area contributed by atoms with E-state index in [9.17, 15) is 4.79 Å². The average Bonchev–Trinajstić information content (AvgIpc) is 2.18. The molecular weight excluding hydrogens is 214 g/mol. The van der Waals surface area contributed by atoms with Crippen molar-refractivity contribution in [3.8, 4) is 0 Å². The van der Waals surface area contributed by atoms with E-state index in [1.54, 1.807) is 0 Å². The number of hydrogen-bond acceptors (Lipinski definition) is 2. The highest BCUT2D eigenvalue weighted by Crippen LogP contribution is 2.15. The van der Waals surface area contributed by atoms with Gasteiger partial charge in [-0.05, 0) is 18.4 Å². The van der Waals surface area contributed by atoms with Gasteiger partial charge in [-0.25, -0.2) is 0 Å². The molecule has 1 aromatic carbocycles. The highest BCUT2D eigenvalue weighted by atomic mass is 35.5. The molecule has 0 heterocycles. The Labute approximate surface area is 95.7 Å². The summed E-state index contributed by atoms with van der Waals surface area (Å²) in [6, 6.07) is 9.69. The van der Waals surface area contributed by atoms with Gasteiger partial charge in [0.1, 0.15) is 0 Å². The Kier molecular flexibility index (Phi) is 6.75. The van der Waals surface area contributed by atoms with Crippen LogP contribution in [0, 0.1) is 0 Å². The molecule has 0 spiro atoms. The molecule has 0 aliphatic heterocycles. The lowest BCUT2D eigenvalue weighted by Crippen LogP contribution is -2.10. The molecule has 1 rings (SSSR count). The number of carbonyl (C=O) groups is 1. The lowest BCUT2D eigenvalue weighted by atomic mass is 10.0. The summed E-state index contributed by atoms with van der Waals surface area (Å²) < 4.78 is 0. The zero-order valence-electron chi connectivity index (χ0n) is 8.43. The van der Waals surface area contributed by atoms with Crippen molar-refractivity contribution in [2.45, 2.75) is 25.3 Å². The second-order valence-corrected chi connectivity index (χ2v) is 3.30. The molecule has 0 radical (unpaired) electrons. The van der Waals surface area contributed by atoms with Gasteiger partial charge < -0.3 is 10.8 Å². The Morgan fingerprint density at radius 3 is 2.47 bits per heavy atom. The van der Waals surface area contributed by atoms with Crippen molar-refractivity contribution < 1.29 is 9.90 Å². The van der Waals surface area contributed by atoms with Crippen molar-refractivity contribution in [1.29, 1.82) is 0 Å². The second kappa shape index (κ2) is 7.26. The Balaban J connectivity index is 0.00000196. The van der Waals surface area contributed by atoms with Crippen LogP contribution in [0.4, 0.5) is 0 Å².